The first-order chi connectivity index (χ1) is 14.6. The molecule has 1 fully saturated rings. The largest absolute Gasteiger partial charge is 0.493 e. The fraction of sp³-hybridized carbons (Fsp3) is 0.652. The van der Waals surface area contributed by atoms with Gasteiger partial charge in [-0.3, -0.25) is 9.79 Å². The molecule has 168 valence electrons. The maximum absolute atomic E-state index is 12.2. The molecule has 1 saturated carbocycles. The van der Waals surface area contributed by atoms with Gasteiger partial charge < -0.3 is 25.4 Å². The van der Waals surface area contributed by atoms with Crippen molar-refractivity contribution in [2.45, 2.75) is 52.0 Å². The Morgan fingerprint density at radius 3 is 2.60 bits per heavy atom. The van der Waals surface area contributed by atoms with Crippen LogP contribution >= 0.6 is 0 Å². The number of ether oxygens (including phenoxy) is 2. The Bertz CT molecular complexity index is 672. The summed E-state index contributed by atoms with van der Waals surface area (Å²) in [6.45, 7) is 5.20. The first-order valence-electron chi connectivity index (χ1n) is 11.1. The van der Waals surface area contributed by atoms with Gasteiger partial charge in [0.25, 0.3) is 0 Å². The summed E-state index contributed by atoms with van der Waals surface area (Å²) in [5.74, 6) is 1.97. The fourth-order valence-electron chi connectivity index (χ4n) is 3.60. The Hall–Kier alpha value is -2.28. The van der Waals surface area contributed by atoms with E-state index in [-0.39, 0.29) is 11.8 Å². The van der Waals surface area contributed by atoms with E-state index in [1.807, 2.05) is 0 Å². The van der Waals surface area contributed by atoms with Crippen molar-refractivity contribution in [3.63, 3.8) is 0 Å². The monoisotopic (exact) mass is 418 g/mol. The van der Waals surface area contributed by atoms with Crippen molar-refractivity contribution in [3.8, 4) is 5.75 Å². The Balaban J connectivity index is 1.73. The van der Waals surface area contributed by atoms with E-state index in [1.54, 1.807) is 14.2 Å². The molecular formula is C23H38N4O3. The van der Waals surface area contributed by atoms with E-state index in [0.717, 1.165) is 36.1 Å². The third kappa shape index (κ3) is 8.61. The van der Waals surface area contributed by atoms with E-state index < -0.39 is 0 Å². The molecule has 7 heteroatoms. The van der Waals surface area contributed by atoms with E-state index in [1.165, 1.54) is 19.3 Å². The zero-order valence-electron chi connectivity index (χ0n) is 18.8. The highest BCUT2D eigenvalue weighted by Crippen LogP contribution is 2.23. The quantitative estimate of drug-likeness (QED) is 0.292. The zero-order valence-corrected chi connectivity index (χ0v) is 18.8. The van der Waals surface area contributed by atoms with Crippen molar-refractivity contribution in [2.75, 3.05) is 40.5 Å². The van der Waals surface area contributed by atoms with Gasteiger partial charge in [-0.1, -0.05) is 31.4 Å². The number of hydrogen-bond donors (Lipinski definition) is 3. The summed E-state index contributed by atoms with van der Waals surface area (Å²) in [7, 11) is 3.44. The van der Waals surface area contributed by atoms with Crippen molar-refractivity contribution >= 4 is 11.9 Å². The van der Waals surface area contributed by atoms with E-state index in [9.17, 15) is 4.79 Å². The molecule has 0 unspecified atom stereocenters. The molecule has 0 atom stereocenters. The number of rotatable bonds is 11. The number of aryl methyl sites for hydroxylation is 1. The Labute approximate surface area is 181 Å². The standard InChI is InChI=1S/C23H38N4O3/c1-18-10-11-20(21(16-18)30-15-7-14-29-3)17-27-23(24-2)26-13-12-25-22(28)19-8-5-4-6-9-19/h10-11,16,19H,4-9,12-15,17H2,1-3H3,(H,25,28)(H2,24,26,27). The van der Waals surface area contributed by atoms with Crippen molar-refractivity contribution in [2.24, 2.45) is 10.9 Å². The van der Waals surface area contributed by atoms with Crippen molar-refractivity contribution in [1.82, 2.24) is 16.0 Å². The van der Waals surface area contributed by atoms with Crippen LogP contribution in [0.5, 0.6) is 5.75 Å². The molecule has 1 aromatic carbocycles. The average molecular weight is 419 g/mol. The number of nitrogens with one attached hydrogen (secondary N) is 3. The van der Waals surface area contributed by atoms with Gasteiger partial charge in [0.1, 0.15) is 5.75 Å². The minimum absolute atomic E-state index is 0.189. The fourth-order valence-corrected chi connectivity index (χ4v) is 3.60. The number of hydrogen-bond acceptors (Lipinski definition) is 4. The maximum Gasteiger partial charge on any atom is 0.223 e. The second-order valence-corrected chi connectivity index (χ2v) is 7.78. The van der Waals surface area contributed by atoms with Crippen LogP contribution in [0.2, 0.25) is 0 Å². The number of guanidine groups is 1. The predicted octanol–water partition coefficient (Wildman–Crippen LogP) is 2.77. The summed E-state index contributed by atoms with van der Waals surface area (Å²) >= 11 is 0. The lowest BCUT2D eigenvalue weighted by Gasteiger charge is -2.21. The van der Waals surface area contributed by atoms with Crippen molar-refractivity contribution in [3.05, 3.63) is 29.3 Å². The number of carbonyl (C=O) groups is 1. The SMILES string of the molecule is CN=C(NCCNC(=O)C1CCCCC1)NCc1ccc(C)cc1OCCCOC. The van der Waals surface area contributed by atoms with Crippen LogP contribution in [0.1, 0.15) is 49.7 Å². The summed E-state index contributed by atoms with van der Waals surface area (Å²) in [5.41, 5.74) is 2.24. The summed E-state index contributed by atoms with van der Waals surface area (Å²) < 4.78 is 11.0. The summed E-state index contributed by atoms with van der Waals surface area (Å²) in [4.78, 5) is 16.5. The van der Waals surface area contributed by atoms with E-state index in [4.69, 9.17) is 9.47 Å². The highest BCUT2D eigenvalue weighted by molar-refractivity contribution is 5.80. The smallest absolute Gasteiger partial charge is 0.223 e. The molecule has 3 N–H and O–H groups in total. The normalized spacial score (nSPS) is 15.0. The first kappa shape index (κ1) is 24.0. The van der Waals surface area contributed by atoms with Gasteiger partial charge in [-0.2, -0.15) is 0 Å². The van der Waals surface area contributed by atoms with Gasteiger partial charge >= 0.3 is 0 Å². The van der Waals surface area contributed by atoms with E-state index in [0.29, 0.717) is 38.8 Å². The second kappa shape index (κ2) is 13.9. The molecule has 0 spiro atoms. The Morgan fingerprint density at radius 2 is 1.87 bits per heavy atom. The molecule has 0 aliphatic heterocycles. The van der Waals surface area contributed by atoms with Crippen LogP contribution in [0, 0.1) is 12.8 Å². The molecule has 1 aromatic rings. The summed E-state index contributed by atoms with van der Waals surface area (Å²) in [5, 5.41) is 9.62. The first-order valence-corrected chi connectivity index (χ1v) is 11.1. The number of aliphatic imine (C=N–C) groups is 1. The molecule has 1 amide bonds. The molecule has 1 aliphatic rings. The summed E-state index contributed by atoms with van der Waals surface area (Å²) in [6.07, 6.45) is 6.50. The van der Waals surface area contributed by atoms with E-state index >= 15 is 0 Å². The molecular weight excluding hydrogens is 380 g/mol. The van der Waals surface area contributed by atoms with Gasteiger partial charge in [0.2, 0.25) is 5.91 Å². The van der Waals surface area contributed by atoms with Crippen molar-refractivity contribution in [1.29, 1.82) is 0 Å². The molecule has 0 bridgehead atoms. The van der Waals surface area contributed by atoms with Crippen LogP contribution in [0.3, 0.4) is 0 Å². The van der Waals surface area contributed by atoms with Crippen LogP contribution in [0.15, 0.2) is 23.2 Å². The Morgan fingerprint density at radius 1 is 1.10 bits per heavy atom. The molecule has 0 aromatic heterocycles. The topological polar surface area (TPSA) is 84.0 Å². The molecule has 0 heterocycles. The van der Waals surface area contributed by atoms with Crippen molar-refractivity contribution < 1.29 is 14.3 Å². The lowest BCUT2D eigenvalue weighted by Crippen LogP contribution is -2.42. The summed E-state index contributed by atoms with van der Waals surface area (Å²) in [6, 6.07) is 6.21. The van der Waals surface area contributed by atoms with Gasteiger partial charge in [-0.05, 0) is 31.4 Å². The molecule has 30 heavy (non-hydrogen) atoms. The number of methoxy groups -OCH3 is 1. The lowest BCUT2D eigenvalue weighted by atomic mass is 9.89. The third-order valence-corrected chi connectivity index (χ3v) is 5.34. The maximum atomic E-state index is 12.2. The Kier molecular flexibility index (Phi) is 11.1. The predicted molar refractivity (Wildman–Crippen MR) is 121 cm³/mol. The zero-order chi connectivity index (χ0) is 21.6. The van der Waals surface area contributed by atoms with Gasteiger partial charge in [0, 0.05) is 58.3 Å². The molecule has 1 aliphatic carbocycles. The van der Waals surface area contributed by atoms with Crippen LogP contribution in [0.25, 0.3) is 0 Å². The highest BCUT2D eigenvalue weighted by Gasteiger charge is 2.20. The third-order valence-electron chi connectivity index (χ3n) is 5.34. The van der Waals surface area contributed by atoms with Gasteiger partial charge in [-0.15, -0.1) is 0 Å². The van der Waals surface area contributed by atoms with E-state index in [2.05, 4.69) is 46.1 Å². The van der Waals surface area contributed by atoms with Crippen LogP contribution in [-0.2, 0) is 16.1 Å². The van der Waals surface area contributed by atoms with Gasteiger partial charge in [-0.25, -0.2) is 0 Å². The lowest BCUT2D eigenvalue weighted by molar-refractivity contribution is -0.125. The number of carbonyl (C=O) groups excluding carboxylic acids is 1. The van der Waals surface area contributed by atoms with Gasteiger partial charge in [0.05, 0.1) is 6.61 Å². The average Bonchev–Trinajstić information content (AvgIpc) is 2.77. The molecule has 0 saturated heterocycles. The molecule has 0 radical (unpaired) electrons. The second-order valence-electron chi connectivity index (χ2n) is 7.78. The van der Waals surface area contributed by atoms with Gasteiger partial charge in [0.15, 0.2) is 5.96 Å². The molecule has 7 nitrogen and oxygen atoms in total. The highest BCUT2D eigenvalue weighted by atomic mass is 16.5. The number of amides is 1. The minimum atomic E-state index is 0.189. The molecule has 2 rings (SSSR count). The minimum Gasteiger partial charge on any atom is -0.493 e. The number of benzene rings is 1. The van der Waals surface area contributed by atoms with Crippen LogP contribution in [0.4, 0.5) is 0 Å². The van der Waals surface area contributed by atoms with Crippen LogP contribution in [-0.4, -0.2) is 52.3 Å². The van der Waals surface area contributed by atoms with Crippen LogP contribution < -0.4 is 20.7 Å². The number of nitrogens with zero attached hydrogens (tertiary/aromatic N) is 1.